The summed E-state index contributed by atoms with van der Waals surface area (Å²) in [5.41, 5.74) is 0.642. The van der Waals surface area contributed by atoms with Crippen molar-refractivity contribution in [2.75, 3.05) is 44.7 Å². The van der Waals surface area contributed by atoms with E-state index in [1.807, 2.05) is 32.0 Å². The van der Waals surface area contributed by atoms with Gasteiger partial charge in [0.25, 0.3) is 0 Å². The molecule has 0 atom stereocenters. The zero-order valence-corrected chi connectivity index (χ0v) is 15.6. The van der Waals surface area contributed by atoms with E-state index in [0.29, 0.717) is 5.92 Å². The van der Waals surface area contributed by atoms with Crippen LogP contribution in [0.3, 0.4) is 0 Å². The lowest BCUT2D eigenvalue weighted by atomic mass is 9.99. The molecule has 1 heterocycles. The third kappa shape index (κ3) is 4.20. The third-order valence-electron chi connectivity index (χ3n) is 4.72. The van der Waals surface area contributed by atoms with Gasteiger partial charge in [-0.2, -0.15) is 0 Å². The highest BCUT2D eigenvalue weighted by Gasteiger charge is 2.36. The largest absolute Gasteiger partial charge is 0.495 e. The van der Waals surface area contributed by atoms with Crippen LogP contribution in [0.2, 0.25) is 0 Å². The average molecular weight is 333 g/mol. The molecular weight excluding hydrogens is 302 g/mol. The van der Waals surface area contributed by atoms with Crippen LogP contribution in [0.1, 0.15) is 27.7 Å². The molecule has 1 aromatic rings. The first-order valence-corrected chi connectivity index (χ1v) is 8.77. The van der Waals surface area contributed by atoms with Crippen LogP contribution in [0, 0.1) is 5.92 Å². The quantitative estimate of drug-likeness (QED) is 0.868. The van der Waals surface area contributed by atoms with Crippen LogP contribution in [0.4, 0.5) is 5.69 Å². The van der Waals surface area contributed by atoms with E-state index >= 15 is 0 Å². The van der Waals surface area contributed by atoms with Crippen molar-refractivity contribution in [1.82, 2.24) is 10.2 Å². The van der Waals surface area contributed by atoms with Crippen LogP contribution < -0.4 is 15.0 Å². The van der Waals surface area contributed by atoms with Gasteiger partial charge in [-0.15, -0.1) is 0 Å². The lowest BCUT2D eigenvalue weighted by Gasteiger charge is -2.43. The molecule has 0 aromatic heterocycles. The Morgan fingerprint density at radius 3 is 2.42 bits per heavy atom. The molecule has 1 amide bonds. The number of benzene rings is 1. The predicted octanol–water partition coefficient (Wildman–Crippen LogP) is 2.37. The van der Waals surface area contributed by atoms with Crippen molar-refractivity contribution in [3.8, 4) is 5.75 Å². The van der Waals surface area contributed by atoms with E-state index in [0.717, 1.165) is 44.2 Å². The molecule has 134 valence electrons. The number of carbonyl (C=O) groups is 1. The normalized spacial score (nSPS) is 16.3. The van der Waals surface area contributed by atoms with E-state index in [1.54, 1.807) is 7.11 Å². The topological polar surface area (TPSA) is 44.8 Å². The monoisotopic (exact) mass is 333 g/mol. The second-order valence-corrected chi connectivity index (χ2v) is 7.31. The van der Waals surface area contributed by atoms with Gasteiger partial charge >= 0.3 is 0 Å². The van der Waals surface area contributed by atoms with E-state index in [2.05, 4.69) is 35.0 Å². The van der Waals surface area contributed by atoms with Gasteiger partial charge in [-0.1, -0.05) is 26.0 Å². The summed E-state index contributed by atoms with van der Waals surface area (Å²) in [7, 11) is 1.71. The standard InChI is InChI=1S/C19H31N3O2/c1-15(2)14-20-18(23)19(3,4)22-12-10-21(11-13-22)16-8-6-7-9-17(16)24-5/h6-9,15H,10-14H2,1-5H3,(H,20,23). The van der Waals surface area contributed by atoms with Crippen molar-refractivity contribution in [3.05, 3.63) is 24.3 Å². The molecule has 5 nitrogen and oxygen atoms in total. The summed E-state index contributed by atoms with van der Waals surface area (Å²) in [6, 6.07) is 8.11. The summed E-state index contributed by atoms with van der Waals surface area (Å²) >= 11 is 0. The molecule has 1 N–H and O–H groups in total. The fourth-order valence-electron chi connectivity index (χ4n) is 3.05. The Bertz CT molecular complexity index is 549. The van der Waals surface area contributed by atoms with Gasteiger partial charge in [0, 0.05) is 32.7 Å². The first-order valence-electron chi connectivity index (χ1n) is 8.77. The molecule has 0 bridgehead atoms. The molecule has 0 aliphatic carbocycles. The van der Waals surface area contributed by atoms with Crippen LogP contribution in [0.5, 0.6) is 5.75 Å². The molecule has 0 radical (unpaired) electrons. The van der Waals surface area contributed by atoms with Crippen molar-refractivity contribution >= 4 is 11.6 Å². The van der Waals surface area contributed by atoms with Crippen LogP contribution in [-0.2, 0) is 4.79 Å². The first-order chi connectivity index (χ1) is 11.4. The summed E-state index contributed by atoms with van der Waals surface area (Å²) in [6.45, 7) is 12.5. The summed E-state index contributed by atoms with van der Waals surface area (Å²) < 4.78 is 5.47. The van der Waals surface area contributed by atoms with E-state index in [4.69, 9.17) is 4.74 Å². The Labute approximate surface area is 146 Å². The smallest absolute Gasteiger partial charge is 0.239 e. The van der Waals surface area contributed by atoms with Crippen molar-refractivity contribution in [1.29, 1.82) is 0 Å². The number of nitrogens with zero attached hydrogens (tertiary/aromatic N) is 2. The van der Waals surface area contributed by atoms with Gasteiger partial charge < -0.3 is 15.0 Å². The number of ether oxygens (including phenoxy) is 1. The van der Waals surface area contributed by atoms with Gasteiger partial charge in [0.15, 0.2) is 0 Å². The van der Waals surface area contributed by atoms with Gasteiger partial charge in [0.05, 0.1) is 18.3 Å². The molecule has 0 saturated carbocycles. The highest BCUT2D eigenvalue weighted by Crippen LogP contribution is 2.29. The minimum Gasteiger partial charge on any atom is -0.495 e. The van der Waals surface area contributed by atoms with E-state index in [1.165, 1.54) is 0 Å². The Hall–Kier alpha value is -1.75. The highest BCUT2D eigenvalue weighted by molar-refractivity contribution is 5.85. The van der Waals surface area contributed by atoms with Crippen molar-refractivity contribution in [2.45, 2.75) is 33.2 Å². The maximum atomic E-state index is 12.5. The molecule has 0 unspecified atom stereocenters. The van der Waals surface area contributed by atoms with Crippen LogP contribution in [0.15, 0.2) is 24.3 Å². The number of amides is 1. The number of nitrogens with one attached hydrogen (secondary N) is 1. The number of hydrogen-bond donors (Lipinski definition) is 1. The molecule has 1 aliphatic heterocycles. The second-order valence-electron chi connectivity index (χ2n) is 7.31. The van der Waals surface area contributed by atoms with E-state index in [9.17, 15) is 4.79 Å². The predicted molar refractivity (Wildman–Crippen MR) is 98.7 cm³/mol. The van der Waals surface area contributed by atoms with Crippen LogP contribution >= 0.6 is 0 Å². The van der Waals surface area contributed by atoms with Crippen molar-refractivity contribution < 1.29 is 9.53 Å². The number of rotatable bonds is 6. The lowest BCUT2D eigenvalue weighted by Crippen LogP contribution is -2.60. The van der Waals surface area contributed by atoms with Crippen molar-refractivity contribution in [2.24, 2.45) is 5.92 Å². The van der Waals surface area contributed by atoms with Gasteiger partial charge in [-0.3, -0.25) is 9.69 Å². The minimum absolute atomic E-state index is 0.113. The molecule has 1 aliphatic rings. The fourth-order valence-corrected chi connectivity index (χ4v) is 3.05. The summed E-state index contributed by atoms with van der Waals surface area (Å²) in [5, 5.41) is 3.07. The number of methoxy groups -OCH3 is 1. The van der Waals surface area contributed by atoms with E-state index < -0.39 is 5.54 Å². The number of carbonyl (C=O) groups excluding carboxylic acids is 1. The second kappa shape index (κ2) is 7.88. The molecule has 1 fully saturated rings. The SMILES string of the molecule is COc1ccccc1N1CCN(C(C)(C)C(=O)NCC(C)C)CC1. The molecular formula is C19H31N3O2. The Kier molecular flexibility index (Phi) is 6.10. The van der Waals surface area contributed by atoms with Gasteiger partial charge in [0.1, 0.15) is 5.75 Å². The summed E-state index contributed by atoms with van der Waals surface area (Å²) in [6.07, 6.45) is 0. The van der Waals surface area contributed by atoms with Gasteiger partial charge in [-0.05, 0) is 31.9 Å². The number of para-hydroxylation sites is 2. The average Bonchev–Trinajstić information content (AvgIpc) is 2.59. The minimum atomic E-state index is -0.484. The number of piperazine rings is 1. The number of anilines is 1. The molecule has 1 saturated heterocycles. The maximum absolute atomic E-state index is 12.5. The van der Waals surface area contributed by atoms with E-state index in [-0.39, 0.29) is 5.91 Å². The number of hydrogen-bond acceptors (Lipinski definition) is 4. The lowest BCUT2D eigenvalue weighted by molar-refractivity contribution is -0.132. The third-order valence-corrected chi connectivity index (χ3v) is 4.72. The molecule has 2 rings (SSSR count). The zero-order valence-electron chi connectivity index (χ0n) is 15.6. The highest BCUT2D eigenvalue weighted by atomic mass is 16.5. The molecule has 5 heteroatoms. The maximum Gasteiger partial charge on any atom is 0.239 e. The molecule has 24 heavy (non-hydrogen) atoms. The Morgan fingerprint density at radius 1 is 1.21 bits per heavy atom. The molecule has 1 aromatic carbocycles. The van der Waals surface area contributed by atoms with Gasteiger partial charge in [0.2, 0.25) is 5.91 Å². The fraction of sp³-hybridized carbons (Fsp3) is 0.632. The van der Waals surface area contributed by atoms with Crippen LogP contribution in [0.25, 0.3) is 0 Å². The molecule has 0 spiro atoms. The van der Waals surface area contributed by atoms with Crippen molar-refractivity contribution in [3.63, 3.8) is 0 Å². The summed E-state index contributed by atoms with van der Waals surface area (Å²) in [5.74, 6) is 1.48. The van der Waals surface area contributed by atoms with Gasteiger partial charge in [-0.25, -0.2) is 0 Å². The summed E-state index contributed by atoms with van der Waals surface area (Å²) in [4.78, 5) is 17.1. The first kappa shape index (κ1) is 18.6. The zero-order chi connectivity index (χ0) is 17.7. The Morgan fingerprint density at radius 2 is 1.83 bits per heavy atom. The Balaban J connectivity index is 1.97. The van der Waals surface area contributed by atoms with Crippen LogP contribution in [-0.4, -0.2) is 56.2 Å².